The molecule has 0 saturated heterocycles. The van der Waals surface area contributed by atoms with Crippen molar-refractivity contribution in [1.82, 2.24) is 4.57 Å². The highest BCUT2D eigenvalue weighted by atomic mass is 15.0. The molecular formula is C37H25N. The highest BCUT2D eigenvalue weighted by Gasteiger charge is 2.37. The van der Waals surface area contributed by atoms with E-state index in [1.807, 2.05) is 0 Å². The van der Waals surface area contributed by atoms with Gasteiger partial charge in [0.25, 0.3) is 0 Å². The minimum Gasteiger partial charge on any atom is -0.309 e. The predicted octanol–water partition coefficient (Wildman–Crippen LogP) is 9.99. The zero-order valence-electron chi connectivity index (χ0n) is 21.4. The molecule has 178 valence electrons. The number of nitrogens with zero attached hydrogens (tertiary/aromatic N) is 1. The van der Waals surface area contributed by atoms with E-state index in [4.69, 9.17) is 0 Å². The van der Waals surface area contributed by atoms with Gasteiger partial charge in [0.15, 0.2) is 0 Å². The molecule has 0 bridgehead atoms. The van der Waals surface area contributed by atoms with Crippen molar-refractivity contribution < 1.29 is 0 Å². The van der Waals surface area contributed by atoms with Gasteiger partial charge in [-0.15, -0.1) is 0 Å². The summed E-state index contributed by atoms with van der Waals surface area (Å²) in [4.78, 5) is 0. The summed E-state index contributed by atoms with van der Waals surface area (Å²) < 4.78 is 2.43. The van der Waals surface area contributed by atoms with Crippen LogP contribution in [0.1, 0.15) is 25.0 Å². The van der Waals surface area contributed by atoms with Gasteiger partial charge in [-0.2, -0.15) is 0 Å². The van der Waals surface area contributed by atoms with Crippen LogP contribution in [-0.2, 0) is 5.41 Å². The zero-order valence-corrected chi connectivity index (χ0v) is 21.4. The molecule has 0 saturated carbocycles. The molecule has 0 fully saturated rings. The summed E-state index contributed by atoms with van der Waals surface area (Å²) in [6.07, 6.45) is 0. The second kappa shape index (κ2) is 6.82. The maximum Gasteiger partial charge on any atom is 0.0553 e. The molecule has 1 heteroatoms. The van der Waals surface area contributed by atoms with Crippen LogP contribution in [0.5, 0.6) is 0 Å². The molecule has 1 aliphatic carbocycles. The molecule has 1 nitrogen and oxygen atoms in total. The highest BCUT2D eigenvalue weighted by molar-refractivity contribution is 6.33. The van der Waals surface area contributed by atoms with Crippen molar-refractivity contribution in [3.8, 4) is 16.8 Å². The maximum atomic E-state index is 2.45. The van der Waals surface area contributed by atoms with Gasteiger partial charge in [-0.3, -0.25) is 0 Å². The van der Waals surface area contributed by atoms with Crippen molar-refractivity contribution in [2.24, 2.45) is 0 Å². The molecule has 1 aromatic heterocycles. The van der Waals surface area contributed by atoms with Gasteiger partial charge < -0.3 is 4.57 Å². The number of para-hydroxylation sites is 2. The fourth-order valence-electron chi connectivity index (χ4n) is 7.54. The van der Waals surface area contributed by atoms with Crippen LogP contribution in [0.4, 0.5) is 0 Å². The Kier molecular flexibility index (Phi) is 3.67. The molecule has 1 heterocycles. The standard InChI is InChI=1S/C37H25N/c1-37(2)30-14-8-6-12-25(30)29-20-22-16-18-27-33-23(17-19-28(34(22)33)36(29)37)21-32-35(27)26-13-7-9-15-31(26)38(32)24-10-4-3-5-11-24/h3-21H,1-2H3. The summed E-state index contributed by atoms with van der Waals surface area (Å²) in [5.74, 6) is 0. The van der Waals surface area contributed by atoms with Crippen LogP contribution in [0.15, 0.2) is 115 Å². The van der Waals surface area contributed by atoms with Crippen LogP contribution in [-0.4, -0.2) is 4.57 Å². The van der Waals surface area contributed by atoms with Crippen molar-refractivity contribution in [1.29, 1.82) is 0 Å². The van der Waals surface area contributed by atoms with E-state index in [2.05, 4.69) is 134 Å². The molecule has 1 aliphatic rings. The van der Waals surface area contributed by atoms with Crippen LogP contribution in [0, 0.1) is 0 Å². The molecule has 0 atom stereocenters. The summed E-state index contributed by atoms with van der Waals surface area (Å²) in [6, 6.07) is 42.9. The van der Waals surface area contributed by atoms with Gasteiger partial charge in [0, 0.05) is 21.9 Å². The highest BCUT2D eigenvalue weighted by Crippen LogP contribution is 2.54. The van der Waals surface area contributed by atoms with Crippen molar-refractivity contribution in [3.63, 3.8) is 0 Å². The molecule has 38 heavy (non-hydrogen) atoms. The van der Waals surface area contributed by atoms with Crippen molar-refractivity contribution in [2.45, 2.75) is 19.3 Å². The average Bonchev–Trinajstić information content (AvgIpc) is 3.40. The number of aromatic nitrogens is 1. The number of fused-ring (bicyclic) bond motifs is 8. The second-order valence-corrected chi connectivity index (χ2v) is 11.4. The third kappa shape index (κ3) is 2.33. The lowest BCUT2D eigenvalue weighted by Crippen LogP contribution is -2.15. The number of hydrogen-bond donors (Lipinski definition) is 0. The van der Waals surface area contributed by atoms with Gasteiger partial charge >= 0.3 is 0 Å². The second-order valence-electron chi connectivity index (χ2n) is 11.4. The molecule has 0 spiro atoms. The Hall–Kier alpha value is -4.62. The topological polar surface area (TPSA) is 4.93 Å². The smallest absolute Gasteiger partial charge is 0.0553 e. The third-order valence-electron chi connectivity index (χ3n) is 9.07. The van der Waals surface area contributed by atoms with E-state index in [9.17, 15) is 0 Å². The largest absolute Gasteiger partial charge is 0.309 e. The molecule has 7 aromatic carbocycles. The van der Waals surface area contributed by atoms with Crippen LogP contribution in [0.3, 0.4) is 0 Å². The van der Waals surface area contributed by atoms with E-state index in [0.717, 1.165) is 0 Å². The van der Waals surface area contributed by atoms with Crippen LogP contribution in [0.2, 0.25) is 0 Å². The van der Waals surface area contributed by atoms with E-state index >= 15 is 0 Å². The van der Waals surface area contributed by atoms with Gasteiger partial charge in [0.05, 0.1) is 11.0 Å². The monoisotopic (exact) mass is 483 g/mol. The van der Waals surface area contributed by atoms with Gasteiger partial charge in [-0.05, 0) is 84.9 Å². The van der Waals surface area contributed by atoms with Crippen molar-refractivity contribution in [2.75, 3.05) is 0 Å². The van der Waals surface area contributed by atoms with Gasteiger partial charge in [-0.25, -0.2) is 0 Å². The first-order chi connectivity index (χ1) is 18.6. The van der Waals surface area contributed by atoms with E-state index in [-0.39, 0.29) is 5.41 Å². The molecule has 0 N–H and O–H groups in total. The Morgan fingerprint density at radius 1 is 0.500 bits per heavy atom. The van der Waals surface area contributed by atoms with E-state index in [0.29, 0.717) is 0 Å². The fourth-order valence-corrected chi connectivity index (χ4v) is 7.54. The number of benzene rings is 7. The van der Waals surface area contributed by atoms with Gasteiger partial charge in [0.1, 0.15) is 0 Å². The number of rotatable bonds is 1. The number of hydrogen-bond acceptors (Lipinski definition) is 0. The predicted molar refractivity (Wildman–Crippen MR) is 162 cm³/mol. The van der Waals surface area contributed by atoms with Crippen molar-refractivity contribution in [3.05, 3.63) is 126 Å². The normalized spacial score (nSPS) is 14.3. The quantitative estimate of drug-likeness (QED) is 0.205. The zero-order chi connectivity index (χ0) is 25.2. The van der Waals surface area contributed by atoms with Gasteiger partial charge in [-0.1, -0.05) is 98.8 Å². The van der Waals surface area contributed by atoms with Gasteiger partial charge in [0.2, 0.25) is 0 Å². The van der Waals surface area contributed by atoms with E-state index < -0.39 is 0 Å². The van der Waals surface area contributed by atoms with Crippen LogP contribution >= 0.6 is 0 Å². The summed E-state index contributed by atoms with van der Waals surface area (Å²) in [6.45, 7) is 4.78. The van der Waals surface area contributed by atoms with Crippen LogP contribution in [0.25, 0.3) is 70.9 Å². The molecule has 0 radical (unpaired) electrons. The van der Waals surface area contributed by atoms with Crippen molar-refractivity contribution >= 4 is 54.1 Å². The molecule has 9 rings (SSSR count). The Balaban J connectivity index is 1.49. The average molecular weight is 484 g/mol. The fraction of sp³-hybridized carbons (Fsp3) is 0.0811. The molecule has 0 amide bonds. The molecule has 0 unspecified atom stereocenters. The Labute approximate surface area is 220 Å². The Morgan fingerprint density at radius 3 is 2.05 bits per heavy atom. The first-order valence-corrected chi connectivity index (χ1v) is 13.5. The minimum atomic E-state index is -0.0348. The van der Waals surface area contributed by atoms with E-state index in [1.165, 1.54) is 82.1 Å². The lowest BCUT2D eigenvalue weighted by molar-refractivity contribution is 0.666. The molecular weight excluding hydrogens is 458 g/mol. The molecule has 8 aromatic rings. The first-order valence-electron chi connectivity index (χ1n) is 13.5. The summed E-state index contributed by atoms with van der Waals surface area (Å²) in [7, 11) is 0. The Morgan fingerprint density at radius 2 is 1.18 bits per heavy atom. The summed E-state index contributed by atoms with van der Waals surface area (Å²) in [5.41, 5.74) is 9.35. The summed E-state index contributed by atoms with van der Waals surface area (Å²) in [5, 5.41) is 10.8. The first kappa shape index (κ1) is 20.4. The Bertz CT molecular complexity index is 2250. The van der Waals surface area contributed by atoms with E-state index in [1.54, 1.807) is 0 Å². The third-order valence-corrected chi connectivity index (χ3v) is 9.07. The van der Waals surface area contributed by atoms with Crippen LogP contribution < -0.4 is 0 Å². The lowest BCUT2D eigenvalue weighted by Gasteiger charge is -2.24. The lowest BCUT2D eigenvalue weighted by atomic mass is 9.78. The summed E-state index contributed by atoms with van der Waals surface area (Å²) >= 11 is 0. The molecule has 0 aliphatic heterocycles. The maximum absolute atomic E-state index is 2.45. The minimum absolute atomic E-state index is 0.0348. The SMILES string of the molecule is CC1(C)c2ccccc2-c2cc3ccc4c5c(ccc(c21)c35)cc1c4c2ccccc2n1-c1ccccc1.